The van der Waals surface area contributed by atoms with Crippen molar-refractivity contribution in [3.63, 3.8) is 0 Å². The molecule has 0 spiro atoms. The van der Waals surface area contributed by atoms with Crippen LogP contribution in [0.5, 0.6) is 0 Å². The van der Waals surface area contributed by atoms with Gasteiger partial charge in [-0.1, -0.05) is 30.3 Å². The van der Waals surface area contributed by atoms with Crippen molar-refractivity contribution in [2.75, 3.05) is 0 Å². The minimum absolute atomic E-state index is 0. The molecule has 2 N–H and O–H groups in total. The number of hydrogen-bond donors (Lipinski definition) is 1. The van der Waals surface area contributed by atoms with E-state index in [1.54, 1.807) is 11.8 Å². The van der Waals surface area contributed by atoms with Gasteiger partial charge in [0.1, 0.15) is 0 Å². The molecular weight excluding hydrogens is 306 g/mol. The molecule has 1 unspecified atom stereocenters. The molecule has 4 nitrogen and oxygen atoms in total. The Bertz CT molecular complexity index is 571. The van der Waals surface area contributed by atoms with Gasteiger partial charge in [0.25, 0.3) is 0 Å². The Kier molecular flexibility index (Phi) is 5.30. The SMILES string of the molecule is CCC(Sc1ccccc1)c1nc(C2(N)CCC2)no1.Cl. The molecule has 1 saturated carbocycles. The van der Waals surface area contributed by atoms with Crippen LogP contribution in [0.2, 0.25) is 0 Å². The molecule has 1 heterocycles. The third kappa shape index (κ3) is 3.42. The highest BCUT2D eigenvalue weighted by Crippen LogP contribution is 2.40. The zero-order valence-corrected chi connectivity index (χ0v) is 13.6. The second-order valence-corrected chi connectivity index (χ2v) is 6.57. The number of benzene rings is 1. The quantitative estimate of drug-likeness (QED) is 0.839. The molecule has 0 amide bonds. The summed E-state index contributed by atoms with van der Waals surface area (Å²) in [6.07, 6.45) is 4.00. The third-order valence-corrected chi connectivity index (χ3v) is 5.16. The van der Waals surface area contributed by atoms with E-state index in [0.29, 0.717) is 11.7 Å². The van der Waals surface area contributed by atoms with Gasteiger partial charge in [0.2, 0.25) is 5.89 Å². The van der Waals surface area contributed by atoms with E-state index in [1.807, 2.05) is 18.2 Å². The Hall–Kier alpha value is -1.04. The minimum Gasteiger partial charge on any atom is -0.338 e. The van der Waals surface area contributed by atoms with E-state index in [2.05, 4.69) is 29.2 Å². The Morgan fingerprint density at radius 2 is 2.05 bits per heavy atom. The third-order valence-electron chi connectivity index (χ3n) is 3.80. The van der Waals surface area contributed by atoms with Crippen molar-refractivity contribution in [3.8, 4) is 0 Å². The summed E-state index contributed by atoms with van der Waals surface area (Å²) < 4.78 is 5.45. The van der Waals surface area contributed by atoms with Gasteiger partial charge in [0.15, 0.2) is 5.82 Å². The molecule has 1 aromatic carbocycles. The highest BCUT2D eigenvalue weighted by Gasteiger charge is 2.39. The number of nitrogens with zero attached hydrogens (tertiary/aromatic N) is 2. The Morgan fingerprint density at radius 3 is 2.62 bits per heavy atom. The van der Waals surface area contributed by atoms with Crippen LogP contribution in [0.25, 0.3) is 0 Å². The van der Waals surface area contributed by atoms with Crippen molar-refractivity contribution >= 4 is 24.2 Å². The number of hydrogen-bond acceptors (Lipinski definition) is 5. The number of rotatable bonds is 5. The van der Waals surface area contributed by atoms with Gasteiger partial charge in [-0.2, -0.15) is 4.98 Å². The average molecular weight is 326 g/mol. The highest BCUT2D eigenvalue weighted by molar-refractivity contribution is 7.99. The van der Waals surface area contributed by atoms with E-state index in [4.69, 9.17) is 10.3 Å². The highest BCUT2D eigenvalue weighted by atomic mass is 35.5. The van der Waals surface area contributed by atoms with E-state index in [-0.39, 0.29) is 23.2 Å². The zero-order chi connectivity index (χ0) is 14.0. The van der Waals surface area contributed by atoms with Gasteiger partial charge in [-0.15, -0.1) is 24.2 Å². The standard InChI is InChI=1S/C15H19N3OS.ClH/c1-2-12(20-11-7-4-3-5-8-11)13-17-14(18-19-13)15(16)9-6-10-15;/h3-5,7-8,12H,2,6,9-10,16H2,1H3;1H. The topological polar surface area (TPSA) is 64.9 Å². The summed E-state index contributed by atoms with van der Waals surface area (Å²) in [5, 5.41) is 4.28. The molecule has 2 aromatic rings. The summed E-state index contributed by atoms with van der Waals surface area (Å²) in [5.74, 6) is 1.36. The number of nitrogens with two attached hydrogens (primary N) is 1. The summed E-state index contributed by atoms with van der Waals surface area (Å²) in [5.41, 5.74) is 5.89. The lowest BCUT2D eigenvalue weighted by Gasteiger charge is -2.34. The monoisotopic (exact) mass is 325 g/mol. The summed E-state index contributed by atoms with van der Waals surface area (Å²) >= 11 is 1.75. The maximum Gasteiger partial charge on any atom is 0.240 e. The van der Waals surface area contributed by atoms with E-state index in [0.717, 1.165) is 25.7 Å². The predicted octanol–water partition coefficient (Wildman–Crippen LogP) is 4.07. The lowest BCUT2D eigenvalue weighted by Crippen LogP contribution is -2.44. The van der Waals surface area contributed by atoms with Gasteiger partial charge < -0.3 is 10.3 Å². The Morgan fingerprint density at radius 1 is 1.33 bits per heavy atom. The maximum absolute atomic E-state index is 6.24. The number of halogens is 1. The molecular formula is C15H20ClN3OS. The van der Waals surface area contributed by atoms with Crippen molar-refractivity contribution in [1.82, 2.24) is 10.1 Å². The largest absolute Gasteiger partial charge is 0.338 e. The molecule has 1 atom stereocenters. The van der Waals surface area contributed by atoms with E-state index >= 15 is 0 Å². The molecule has 114 valence electrons. The summed E-state index contributed by atoms with van der Waals surface area (Å²) in [6, 6.07) is 10.3. The van der Waals surface area contributed by atoms with Gasteiger partial charge in [-0.25, -0.2) is 0 Å². The van der Waals surface area contributed by atoms with Gasteiger partial charge in [-0.3, -0.25) is 0 Å². The van der Waals surface area contributed by atoms with Gasteiger partial charge >= 0.3 is 0 Å². The van der Waals surface area contributed by atoms with Gasteiger partial charge in [0.05, 0.1) is 10.8 Å². The molecule has 21 heavy (non-hydrogen) atoms. The first-order valence-electron chi connectivity index (χ1n) is 7.06. The van der Waals surface area contributed by atoms with Crippen molar-refractivity contribution in [2.45, 2.75) is 48.3 Å². The fourth-order valence-electron chi connectivity index (χ4n) is 2.32. The summed E-state index contributed by atoms with van der Waals surface area (Å²) in [7, 11) is 0. The molecule has 0 bridgehead atoms. The maximum atomic E-state index is 6.24. The van der Waals surface area contributed by atoms with Crippen molar-refractivity contribution in [1.29, 1.82) is 0 Å². The van der Waals surface area contributed by atoms with Crippen molar-refractivity contribution in [3.05, 3.63) is 42.0 Å². The zero-order valence-electron chi connectivity index (χ0n) is 12.0. The van der Waals surface area contributed by atoms with Crippen LogP contribution in [0, 0.1) is 0 Å². The van der Waals surface area contributed by atoms with Crippen LogP contribution in [-0.4, -0.2) is 10.1 Å². The summed E-state index contributed by atoms with van der Waals surface area (Å²) in [4.78, 5) is 5.76. The van der Waals surface area contributed by atoms with Crippen molar-refractivity contribution < 1.29 is 4.52 Å². The normalized spacial score (nSPS) is 17.6. The second-order valence-electron chi connectivity index (χ2n) is 5.29. The van der Waals surface area contributed by atoms with E-state index in [1.165, 1.54) is 4.90 Å². The fraction of sp³-hybridized carbons (Fsp3) is 0.467. The van der Waals surface area contributed by atoms with Crippen LogP contribution in [0.1, 0.15) is 49.6 Å². The molecule has 0 saturated heterocycles. The number of aromatic nitrogens is 2. The Balaban J connectivity index is 0.00000161. The smallest absolute Gasteiger partial charge is 0.240 e. The van der Waals surface area contributed by atoms with Crippen LogP contribution >= 0.6 is 24.2 Å². The fourth-order valence-corrected chi connectivity index (χ4v) is 3.33. The molecule has 1 aliphatic rings. The minimum atomic E-state index is -0.350. The molecule has 0 aliphatic heterocycles. The van der Waals surface area contributed by atoms with Crippen LogP contribution in [0.4, 0.5) is 0 Å². The van der Waals surface area contributed by atoms with Crippen molar-refractivity contribution in [2.24, 2.45) is 5.73 Å². The first-order valence-corrected chi connectivity index (χ1v) is 7.94. The van der Waals surface area contributed by atoms with Crippen LogP contribution < -0.4 is 5.73 Å². The first kappa shape index (κ1) is 16.3. The second kappa shape index (κ2) is 6.81. The average Bonchev–Trinajstić information content (AvgIpc) is 2.93. The number of thioether (sulfide) groups is 1. The first-order chi connectivity index (χ1) is 9.71. The van der Waals surface area contributed by atoms with Gasteiger partial charge in [-0.05, 0) is 37.8 Å². The van der Waals surface area contributed by atoms with E-state index in [9.17, 15) is 0 Å². The summed E-state index contributed by atoms with van der Waals surface area (Å²) in [6.45, 7) is 2.13. The van der Waals surface area contributed by atoms with Crippen LogP contribution in [0.15, 0.2) is 39.8 Å². The lowest BCUT2D eigenvalue weighted by molar-refractivity contribution is 0.229. The molecule has 1 fully saturated rings. The molecule has 1 aromatic heterocycles. The lowest BCUT2D eigenvalue weighted by atomic mass is 9.77. The molecule has 0 radical (unpaired) electrons. The van der Waals surface area contributed by atoms with E-state index < -0.39 is 0 Å². The van der Waals surface area contributed by atoms with Gasteiger partial charge in [0, 0.05) is 4.90 Å². The molecule has 3 rings (SSSR count). The predicted molar refractivity (Wildman–Crippen MR) is 86.6 cm³/mol. The molecule has 6 heteroatoms. The van der Waals surface area contributed by atoms with Crippen LogP contribution in [-0.2, 0) is 5.54 Å². The molecule has 1 aliphatic carbocycles. The van der Waals surface area contributed by atoms with Crippen LogP contribution in [0.3, 0.4) is 0 Å². The Labute approximate surface area is 135 Å².